The van der Waals surface area contributed by atoms with Gasteiger partial charge >= 0.3 is 5.69 Å². The molecule has 0 aliphatic carbocycles. The summed E-state index contributed by atoms with van der Waals surface area (Å²) in [7, 11) is -3.86. The Kier molecular flexibility index (Phi) is 4.58. The number of nitrogens with one attached hydrogen (secondary N) is 2. The van der Waals surface area contributed by atoms with Crippen LogP contribution in [0.2, 0.25) is 0 Å². The van der Waals surface area contributed by atoms with Crippen LogP contribution in [0.25, 0.3) is 0 Å². The molecule has 21 heavy (non-hydrogen) atoms. The van der Waals surface area contributed by atoms with Crippen LogP contribution in [-0.4, -0.2) is 13.3 Å². The average molecular weight is 348 g/mol. The molecule has 0 saturated heterocycles. The first kappa shape index (κ1) is 15.9. The van der Waals surface area contributed by atoms with Crippen molar-refractivity contribution in [2.24, 2.45) is 5.84 Å². The van der Waals surface area contributed by atoms with Crippen LogP contribution < -0.4 is 16.0 Å². The van der Waals surface area contributed by atoms with Crippen molar-refractivity contribution >= 4 is 43.4 Å². The van der Waals surface area contributed by atoms with Gasteiger partial charge in [-0.15, -0.1) is 11.3 Å². The number of nitro groups is 1. The van der Waals surface area contributed by atoms with Crippen LogP contribution in [0.15, 0.2) is 27.8 Å². The number of nitrogens with two attached hydrogens (primary N) is 1. The van der Waals surface area contributed by atoms with Crippen LogP contribution in [0.5, 0.6) is 0 Å². The van der Waals surface area contributed by atoms with Crippen LogP contribution >= 0.6 is 22.7 Å². The summed E-state index contributed by atoms with van der Waals surface area (Å²) in [6.07, 6.45) is 0. The Balaban J connectivity index is 2.29. The second-order valence-electron chi connectivity index (χ2n) is 4.04. The van der Waals surface area contributed by atoms with Crippen molar-refractivity contribution in [3.05, 3.63) is 38.6 Å². The van der Waals surface area contributed by atoms with Crippen LogP contribution in [0.1, 0.15) is 17.8 Å². The maximum absolute atomic E-state index is 12.3. The highest BCUT2D eigenvalue weighted by molar-refractivity contribution is 7.91. The number of hydrazine groups is 1. The second-order valence-corrected chi connectivity index (χ2v) is 8.01. The van der Waals surface area contributed by atoms with Gasteiger partial charge in [0.05, 0.1) is 11.0 Å². The molecular formula is C10H12N4O4S3. The van der Waals surface area contributed by atoms with Gasteiger partial charge in [0.2, 0.25) is 0 Å². The molecule has 0 radical (unpaired) electrons. The van der Waals surface area contributed by atoms with Gasteiger partial charge in [0.1, 0.15) is 4.21 Å². The van der Waals surface area contributed by atoms with Gasteiger partial charge in [0.15, 0.2) is 5.00 Å². The fourth-order valence-corrected chi connectivity index (χ4v) is 4.90. The van der Waals surface area contributed by atoms with E-state index in [1.807, 2.05) is 17.5 Å². The Morgan fingerprint density at radius 2 is 2.19 bits per heavy atom. The van der Waals surface area contributed by atoms with Crippen LogP contribution in [-0.2, 0) is 10.0 Å². The number of rotatable bonds is 6. The Bertz CT molecular complexity index is 738. The van der Waals surface area contributed by atoms with Crippen LogP contribution in [0.4, 0.5) is 10.7 Å². The Morgan fingerprint density at radius 3 is 2.67 bits per heavy atom. The first-order chi connectivity index (χ1) is 9.85. The zero-order chi connectivity index (χ0) is 15.6. The number of nitrogen functional groups attached to an aromatic ring is 1. The summed E-state index contributed by atoms with van der Waals surface area (Å²) in [4.78, 5) is 11.0. The maximum Gasteiger partial charge on any atom is 0.306 e. The molecule has 2 rings (SSSR count). The molecule has 0 spiro atoms. The number of thiophene rings is 2. The highest BCUT2D eigenvalue weighted by Crippen LogP contribution is 2.36. The third-order valence-electron chi connectivity index (χ3n) is 2.58. The Hall–Kier alpha value is -1.53. The number of nitrogens with zero attached hydrogens (tertiary/aromatic N) is 1. The summed E-state index contributed by atoms with van der Waals surface area (Å²) < 4.78 is 26.8. The standard InChI is InChI=1S/C10H12N4O4S3/c1-6(8-3-2-4-19-8)13-21(17,18)9-5-7(14(15)16)10(12-11)20-9/h2-6,12-13H,11H2,1H3. The average Bonchev–Trinajstić information content (AvgIpc) is 3.07. The molecule has 1 unspecified atom stereocenters. The van der Waals surface area contributed by atoms with Gasteiger partial charge < -0.3 is 5.43 Å². The van der Waals surface area contributed by atoms with Gasteiger partial charge in [-0.1, -0.05) is 17.4 Å². The molecule has 0 aliphatic heterocycles. The minimum Gasteiger partial charge on any atom is -0.310 e. The highest BCUT2D eigenvalue weighted by atomic mass is 32.2. The summed E-state index contributed by atoms with van der Waals surface area (Å²) in [5.41, 5.74) is 1.77. The molecule has 2 heterocycles. The molecule has 8 nitrogen and oxygen atoms in total. The smallest absolute Gasteiger partial charge is 0.306 e. The molecule has 4 N–H and O–H groups in total. The molecule has 0 fully saturated rings. The number of sulfonamides is 1. The van der Waals surface area contributed by atoms with Crippen LogP contribution in [0.3, 0.4) is 0 Å². The SMILES string of the molecule is CC(NS(=O)(=O)c1cc([N+](=O)[O-])c(NN)s1)c1cccs1. The van der Waals surface area contributed by atoms with Crippen molar-refractivity contribution < 1.29 is 13.3 Å². The van der Waals surface area contributed by atoms with E-state index in [2.05, 4.69) is 10.1 Å². The predicted octanol–water partition coefficient (Wildman–Crippen LogP) is 2.04. The van der Waals surface area contributed by atoms with E-state index in [-0.39, 0.29) is 14.9 Å². The van der Waals surface area contributed by atoms with E-state index < -0.39 is 21.0 Å². The molecular weight excluding hydrogens is 336 g/mol. The predicted molar refractivity (Wildman–Crippen MR) is 81.8 cm³/mol. The lowest BCUT2D eigenvalue weighted by Gasteiger charge is -2.11. The van der Waals surface area contributed by atoms with Crippen molar-refractivity contribution in [2.75, 3.05) is 5.43 Å². The van der Waals surface area contributed by atoms with Crippen LogP contribution in [0, 0.1) is 10.1 Å². The fourth-order valence-electron chi connectivity index (χ4n) is 1.62. The molecule has 0 aromatic carbocycles. The summed E-state index contributed by atoms with van der Waals surface area (Å²) in [6, 6.07) is 4.19. The van der Waals surface area contributed by atoms with Gasteiger partial charge in [-0.3, -0.25) is 10.1 Å². The van der Waals surface area contributed by atoms with E-state index in [9.17, 15) is 18.5 Å². The molecule has 2 aromatic rings. The van der Waals surface area contributed by atoms with Gasteiger partial charge in [0.25, 0.3) is 10.0 Å². The van der Waals surface area contributed by atoms with E-state index >= 15 is 0 Å². The zero-order valence-electron chi connectivity index (χ0n) is 10.8. The summed E-state index contributed by atoms with van der Waals surface area (Å²) in [5, 5.41) is 12.7. The zero-order valence-corrected chi connectivity index (χ0v) is 13.2. The monoisotopic (exact) mass is 348 g/mol. The summed E-state index contributed by atoms with van der Waals surface area (Å²) in [5.74, 6) is 5.17. The van der Waals surface area contributed by atoms with E-state index in [0.717, 1.165) is 10.9 Å². The molecule has 0 amide bonds. The third kappa shape index (κ3) is 3.39. The first-order valence-corrected chi connectivity index (χ1v) is 8.83. The molecule has 0 aliphatic rings. The lowest BCUT2D eigenvalue weighted by atomic mass is 10.3. The molecule has 2 aromatic heterocycles. The fraction of sp³-hybridized carbons (Fsp3) is 0.200. The van der Waals surface area contributed by atoms with Crippen molar-refractivity contribution in [3.8, 4) is 0 Å². The number of hydrogen-bond donors (Lipinski definition) is 3. The first-order valence-electron chi connectivity index (χ1n) is 5.65. The minimum atomic E-state index is -3.86. The lowest BCUT2D eigenvalue weighted by molar-refractivity contribution is -0.383. The maximum atomic E-state index is 12.3. The van der Waals surface area contributed by atoms with Crippen molar-refractivity contribution in [3.63, 3.8) is 0 Å². The summed E-state index contributed by atoms with van der Waals surface area (Å²) in [6.45, 7) is 1.70. The van der Waals surface area contributed by atoms with Crippen molar-refractivity contribution in [1.29, 1.82) is 0 Å². The Morgan fingerprint density at radius 1 is 1.48 bits per heavy atom. The van der Waals surface area contributed by atoms with Gasteiger partial charge in [-0.2, -0.15) is 0 Å². The van der Waals surface area contributed by atoms with E-state index in [4.69, 9.17) is 5.84 Å². The number of hydrogen-bond acceptors (Lipinski definition) is 8. The van der Waals surface area contributed by atoms with E-state index in [1.54, 1.807) is 6.92 Å². The summed E-state index contributed by atoms with van der Waals surface area (Å²) >= 11 is 2.13. The van der Waals surface area contributed by atoms with Crippen molar-refractivity contribution in [1.82, 2.24) is 4.72 Å². The van der Waals surface area contributed by atoms with Gasteiger partial charge in [0, 0.05) is 10.9 Å². The molecule has 114 valence electrons. The molecule has 0 bridgehead atoms. The van der Waals surface area contributed by atoms with Gasteiger partial charge in [-0.25, -0.2) is 19.0 Å². The number of anilines is 1. The van der Waals surface area contributed by atoms with Gasteiger partial charge in [-0.05, 0) is 18.4 Å². The minimum absolute atomic E-state index is 0.0100. The van der Waals surface area contributed by atoms with E-state index in [1.165, 1.54) is 11.3 Å². The largest absolute Gasteiger partial charge is 0.310 e. The molecule has 0 saturated carbocycles. The van der Waals surface area contributed by atoms with Crippen molar-refractivity contribution in [2.45, 2.75) is 17.2 Å². The normalized spacial score (nSPS) is 13.0. The lowest BCUT2D eigenvalue weighted by Crippen LogP contribution is -2.25. The molecule has 11 heteroatoms. The quantitative estimate of drug-likeness (QED) is 0.416. The second kappa shape index (κ2) is 6.07. The third-order valence-corrected chi connectivity index (χ3v) is 6.71. The van der Waals surface area contributed by atoms with E-state index in [0.29, 0.717) is 11.3 Å². The Labute approximate surface area is 128 Å². The topological polar surface area (TPSA) is 127 Å². The highest BCUT2D eigenvalue weighted by Gasteiger charge is 2.27. The molecule has 1 atom stereocenters.